The van der Waals surface area contributed by atoms with Gasteiger partial charge in [-0.25, -0.2) is 8.78 Å². The molecule has 0 spiro atoms. The lowest BCUT2D eigenvalue weighted by molar-refractivity contribution is 0.111. The monoisotopic (exact) mass is 273 g/mol. The predicted molar refractivity (Wildman–Crippen MR) is 67.2 cm³/mol. The number of halogens is 2. The molecule has 0 aliphatic heterocycles. The molecule has 0 unspecified atom stereocenters. The number of nitrogens with zero attached hydrogens (tertiary/aromatic N) is 1. The topological polar surface area (TPSA) is 50.1 Å². The molecule has 0 saturated carbocycles. The van der Waals surface area contributed by atoms with Crippen LogP contribution in [-0.4, -0.2) is 6.29 Å². The standard InChI is InChI=1S/C15H9F2NO2/c16-13-5-4-10(6-12(13)7-18)9-20-15-11(8-19)2-1-3-14(15)17/h1-6,8H,9H2. The van der Waals surface area contributed by atoms with Crippen LogP contribution in [-0.2, 0) is 6.61 Å². The van der Waals surface area contributed by atoms with E-state index in [1.165, 1.54) is 30.3 Å². The Bertz CT molecular complexity index is 693. The Morgan fingerprint density at radius 1 is 1.20 bits per heavy atom. The van der Waals surface area contributed by atoms with Crippen LogP contribution in [0.15, 0.2) is 36.4 Å². The van der Waals surface area contributed by atoms with Crippen molar-refractivity contribution in [1.29, 1.82) is 5.26 Å². The molecule has 0 aromatic heterocycles. The summed E-state index contributed by atoms with van der Waals surface area (Å²) >= 11 is 0. The van der Waals surface area contributed by atoms with Gasteiger partial charge in [-0.05, 0) is 29.8 Å². The fourth-order valence-electron chi connectivity index (χ4n) is 1.67. The van der Waals surface area contributed by atoms with E-state index in [1.54, 1.807) is 6.07 Å². The lowest BCUT2D eigenvalue weighted by Crippen LogP contribution is -2.01. The smallest absolute Gasteiger partial charge is 0.165 e. The number of hydrogen-bond donors (Lipinski definition) is 0. The van der Waals surface area contributed by atoms with E-state index in [1.807, 2.05) is 0 Å². The number of ether oxygens (including phenoxy) is 1. The third-order valence-corrected chi connectivity index (χ3v) is 2.66. The summed E-state index contributed by atoms with van der Waals surface area (Å²) in [5, 5.41) is 8.72. The molecule has 20 heavy (non-hydrogen) atoms. The number of benzene rings is 2. The highest BCUT2D eigenvalue weighted by Crippen LogP contribution is 2.22. The van der Waals surface area contributed by atoms with Crippen LogP contribution in [0.5, 0.6) is 5.75 Å². The van der Waals surface area contributed by atoms with Gasteiger partial charge in [-0.1, -0.05) is 12.1 Å². The molecule has 0 heterocycles. The molecule has 2 aromatic carbocycles. The summed E-state index contributed by atoms with van der Waals surface area (Å²) in [4.78, 5) is 10.8. The van der Waals surface area contributed by atoms with E-state index < -0.39 is 11.6 Å². The van der Waals surface area contributed by atoms with Crippen LogP contribution >= 0.6 is 0 Å². The van der Waals surface area contributed by atoms with E-state index in [-0.39, 0.29) is 23.5 Å². The second kappa shape index (κ2) is 5.93. The molecule has 0 bridgehead atoms. The summed E-state index contributed by atoms with van der Waals surface area (Å²) in [6, 6.07) is 9.59. The van der Waals surface area contributed by atoms with E-state index in [2.05, 4.69) is 0 Å². The number of carbonyl (C=O) groups excluding carboxylic acids is 1. The van der Waals surface area contributed by atoms with Gasteiger partial charge >= 0.3 is 0 Å². The first kappa shape index (κ1) is 13.7. The zero-order chi connectivity index (χ0) is 14.5. The van der Waals surface area contributed by atoms with Crippen molar-refractivity contribution >= 4 is 6.29 Å². The van der Waals surface area contributed by atoms with Gasteiger partial charge in [0, 0.05) is 0 Å². The fourth-order valence-corrected chi connectivity index (χ4v) is 1.67. The fraction of sp³-hybridized carbons (Fsp3) is 0.0667. The molecule has 0 aliphatic rings. The number of nitriles is 1. The normalized spacial score (nSPS) is 9.85. The molecule has 0 N–H and O–H groups in total. The Morgan fingerprint density at radius 3 is 2.70 bits per heavy atom. The molecule has 5 heteroatoms. The van der Waals surface area contributed by atoms with E-state index in [0.717, 1.165) is 6.07 Å². The molecule has 0 fully saturated rings. The van der Waals surface area contributed by atoms with Crippen molar-refractivity contribution in [2.24, 2.45) is 0 Å². The Morgan fingerprint density at radius 2 is 2.00 bits per heavy atom. The minimum absolute atomic E-state index is 0.0727. The Balaban J connectivity index is 2.21. The second-order valence-electron chi connectivity index (χ2n) is 3.99. The van der Waals surface area contributed by atoms with Crippen molar-refractivity contribution in [3.05, 3.63) is 64.7 Å². The third-order valence-electron chi connectivity index (χ3n) is 2.66. The van der Waals surface area contributed by atoms with Gasteiger partial charge in [-0.15, -0.1) is 0 Å². The average Bonchev–Trinajstić information content (AvgIpc) is 2.47. The van der Waals surface area contributed by atoms with Gasteiger partial charge in [-0.3, -0.25) is 4.79 Å². The quantitative estimate of drug-likeness (QED) is 0.803. The number of para-hydroxylation sites is 1. The van der Waals surface area contributed by atoms with Crippen LogP contribution in [0, 0.1) is 23.0 Å². The summed E-state index contributed by atoms with van der Waals surface area (Å²) < 4.78 is 31.9. The molecular formula is C15H9F2NO2. The SMILES string of the molecule is N#Cc1cc(COc2c(F)cccc2C=O)ccc1F. The van der Waals surface area contributed by atoms with Crippen LogP contribution in [0.4, 0.5) is 8.78 Å². The number of hydrogen-bond acceptors (Lipinski definition) is 3. The summed E-state index contributed by atoms with van der Waals surface area (Å²) in [6.45, 7) is -0.0727. The van der Waals surface area contributed by atoms with Gasteiger partial charge in [0.1, 0.15) is 18.5 Å². The Hall–Kier alpha value is -2.74. The summed E-state index contributed by atoms with van der Waals surface area (Å²) in [5.41, 5.74) is 0.478. The Labute approximate surface area is 114 Å². The molecule has 0 atom stereocenters. The molecule has 0 amide bonds. The molecule has 3 nitrogen and oxygen atoms in total. The molecule has 2 rings (SSSR count). The minimum atomic E-state index is -0.655. The zero-order valence-electron chi connectivity index (χ0n) is 10.3. The first-order valence-electron chi connectivity index (χ1n) is 5.70. The first-order chi connectivity index (χ1) is 9.65. The second-order valence-corrected chi connectivity index (χ2v) is 3.99. The molecular weight excluding hydrogens is 264 g/mol. The van der Waals surface area contributed by atoms with Crippen LogP contribution in [0.2, 0.25) is 0 Å². The van der Waals surface area contributed by atoms with Gasteiger partial charge in [0.15, 0.2) is 17.9 Å². The first-order valence-corrected chi connectivity index (χ1v) is 5.70. The maximum atomic E-state index is 13.6. The maximum Gasteiger partial charge on any atom is 0.165 e. The Kier molecular flexibility index (Phi) is 4.06. The van der Waals surface area contributed by atoms with E-state index in [0.29, 0.717) is 11.8 Å². The van der Waals surface area contributed by atoms with Crippen LogP contribution in [0.25, 0.3) is 0 Å². The molecule has 0 radical (unpaired) electrons. The molecule has 2 aromatic rings. The number of aldehydes is 1. The van der Waals surface area contributed by atoms with E-state index in [4.69, 9.17) is 10.00 Å². The van der Waals surface area contributed by atoms with Gasteiger partial charge in [0.2, 0.25) is 0 Å². The predicted octanol–water partition coefficient (Wildman–Crippen LogP) is 3.23. The summed E-state index contributed by atoms with van der Waals surface area (Å²) in [5.74, 6) is -1.45. The van der Waals surface area contributed by atoms with Gasteiger partial charge in [0.25, 0.3) is 0 Å². The number of carbonyl (C=O) groups is 1. The van der Waals surface area contributed by atoms with Gasteiger partial charge in [-0.2, -0.15) is 5.26 Å². The van der Waals surface area contributed by atoms with Gasteiger partial charge in [0.05, 0.1) is 11.1 Å². The molecule has 100 valence electrons. The highest BCUT2D eigenvalue weighted by atomic mass is 19.1. The highest BCUT2D eigenvalue weighted by molar-refractivity contribution is 5.79. The van der Waals surface area contributed by atoms with Crippen molar-refractivity contribution in [2.45, 2.75) is 6.61 Å². The maximum absolute atomic E-state index is 13.6. The van der Waals surface area contributed by atoms with Crippen LogP contribution < -0.4 is 4.74 Å². The van der Waals surface area contributed by atoms with Crippen molar-refractivity contribution in [3.8, 4) is 11.8 Å². The lowest BCUT2D eigenvalue weighted by Gasteiger charge is -2.09. The van der Waals surface area contributed by atoms with E-state index >= 15 is 0 Å². The van der Waals surface area contributed by atoms with Crippen molar-refractivity contribution < 1.29 is 18.3 Å². The van der Waals surface area contributed by atoms with Crippen molar-refractivity contribution in [3.63, 3.8) is 0 Å². The van der Waals surface area contributed by atoms with Crippen molar-refractivity contribution in [1.82, 2.24) is 0 Å². The zero-order valence-corrected chi connectivity index (χ0v) is 10.3. The average molecular weight is 273 g/mol. The number of rotatable bonds is 4. The largest absolute Gasteiger partial charge is 0.485 e. The van der Waals surface area contributed by atoms with Crippen LogP contribution in [0.1, 0.15) is 21.5 Å². The molecule has 0 aliphatic carbocycles. The molecule has 0 saturated heterocycles. The van der Waals surface area contributed by atoms with E-state index in [9.17, 15) is 13.6 Å². The summed E-state index contributed by atoms with van der Waals surface area (Å²) in [7, 11) is 0. The lowest BCUT2D eigenvalue weighted by atomic mass is 10.1. The van der Waals surface area contributed by atoms with Crippen molar-refractivity contribution in [2.75, 3.05) is 0 Å². The summed E-state index contributed by atoms with van der Waals surface area (Å²) in [6.07, 6.45) is 0.490. The van der Waals surface area contributed by atoms with Crippen LogP contribution in [0.3, 0.4) is 0 Å². The van der Waals surface area contributed by atoms with Gasteiger partial charge < -0.3 is 4.74 Å². The highest BCUT2D eigenvalue weighted by Gasteiger charge is 2.10. The minimum Gasteiger partial charge on any atom is -0.485 e. The third kappa shape index (κ3) is 2.81.